The molecule has 5 heteroatoms. The Bertz CT molecular complexity index is 781. The number of benzene rings is 2. The zero-order valence-corrected chi connectivity index (χ0v) is 16.0. The van der Waals surface area contributed by atoms with Crippen molar-refractivity contribution in [3.63, 3.8) is 0 Å². The SMILES string of the molecule is COc1ccc(/C=N/NC(=O)COc2ccc(C(C)C)cc2)c(C)c1C. The van der Waals surface area contributed by atoms with E-state index < -0.39 is 0 Å². The molecule has 138 valence electrons. The number of nitrogens with one attached hydrogen (secondary N) is 1. The van der Waals surface area contributed by atoms with E-state index in [1.165, 1.54) is 5.56 Å². The summed E-state index contributed by atoms with van der Waals surface area (Å²) in [5.41, 5.74) is 6.75. The lowest BCUT2D eigenvalue weighted by molar-refractivity contribution is -0.123. The lowest BCUT2D eigenvalue weighted by Crippen LogP contribution is -2.24. The fourth-order valence-electron chi connectivity index (χ4n) is 2.48. The first-order valence-electron chi connectivity index (χ1n) is 8.61. The normalized spacial score (nSPS) is 11.0. The highest BCUT2D eigenvalue weighted by atomic mass is 16.5. The van der Waals surface area contributed by atoms with Gasteiger partial charge in [-0.05, 0) is 66.3 Å². The summed E-state index contributed by atoms with van der Waals surface area (Å²) in [4.78, 5) is 11.9. The predicted octanol–water partition coefficient (Wildman–Crippen LogP) is 3.96. The Morgan fingerprint density at radius 3 is 2.42 bits per heavy atom. The van der Waals surface area contributed by atoms with Gasteiger partial charge in [-0.25, -0.2) is 5.43 Å². The molecule has 1 N–H and O–H groups in total. The van der Waals surface area contributed by atoms with E-state index in [9.17, 15) is 4.79 Å². The molecule has 0 spiro atoms. The van der Waals surface area contributed by atoms with Gasteiger partial charge in [-0.3, -0.25) is 4.79 Å². The molecular formula is C21H26N2O3. The van der Waals surface area contributed by atoms with Crippen LogP contribution < -0.4 is 14.9 Å². The number of carbonyl (C=O) groups is 1. The van der Waals surface area contributed by atoms with Crippen molar-refractivity contribution in [2.24, 2.45) is 5.10 Å². The number of amides is 1. The maximum atomic E-state index is 11.9. The number of rotatable bonds is 7. The predicted molar refractivity (Wildman–Crippen MR) is 104 cm³/mol. The van der Waals surface area contributed by atoms with Crippen molar-refractivity contribution in [3.8, 4) is 11.5 Å². The average Bonchev–Trinajstić information content (AvgIpc) is 2.64. The van der Waals surface area contributed by atoms with Gasteiger partial charge in [0.2, 0.25) is 0 Å². The Labute approximate surface area is 155 Å². The number of hydrogen-bond acceptors (Lipinski definition) is 4. The topological polar surface area (TPSA) is 59.9 Å². The van der Waals surface area contributed by atoms with Crippen LogP contribution in [0.4, 0.5) is 0 Å². The number of hydrazone groups is 1. The van der Waals surface area contributed by atoms with Gasteiger partial charge in [0.1, 0.15) is 11.5 Å². The zero-order chi connectivity index (χ0) is 19.1. The highest BCUT2D eigenvalue weighted by molar-refractivity contribution is 5.85. The Hall–Kier alpha value is -2.82. The summed E-state index contributed by atoms with van der Waals surface area (Å²) in [6, 6.07) is 11.5. The van der Waals surface area contributed by atoms with Crippen LogP contribution in [0.5, 0.6) is 11.5 Å². The van der Waals surface area contributed by atoms with Gasteiger partial charge >= 0.3 is 0 Å². The largest absolute Gasteiger partial charge is 0.496 e. The fourth-order valence-corrected chi connectivity index (χ4v) is 2.48. The Morgan fingerprint density at radius 1 is 1.12 bits per heavy atom. The first-order valence-corrected chi connectivity index (χ1v) is 8.61. The molecule has 2 aromatic carbocycles. The second-order valence-electron chi connectivity index (χ2n) is 6.41. The van der Waals surface area contributed by atoms with Crippen LogP contribution in [-0.4, -0.2) is 25.8 Å². The van der Waals surface area contributed by atoms with Crippen LogP contribution in [-0.2, 0) is 4.79 Å². The quantitative estimate of drug-likeness (QED) is 0.605. The number of hydrogen-bond donors (Lipinski definition) is 1. The minimum absolute atomic E-state index is 0.0843. The minimum atomic E-state index is -0.308. The van der Waals surface area contributed by atoms with Crippen LogP contribution in [0.3, 0.4) is 0 Å². The second kappa shape index (κ2) is 9.04. The molecule has 1 amide bonds. The van der Waals surface area contributed by atoms with Crippen LogP contribution in [0.15, 0.2) is 41.5 Å². The zero-order valence-electron chi connectivity index (χ0n) is 16.0. The van der Waals surface area contributed by atoms with Crippen molar-refractivity contribution in [1.29, 1.82) is 0 Å². The van der Waals surface area contributed by atoms with Gasteiger partial charge < -0.3 is 9.47 Å². The molecule has 0 unspecified atom stereocenters. The average molecular weight is 354 g/mol. The number of nitrogens with zero attached hydrogens (tertiary/aromatic N) is 1. The van der Waals surface area contributed by atoms with Gasteiger partial charge in [0.25, 0.3) is 5.91 Å². The lowest BCUT2D eigenvalue weighted by Gasteiger charge is -2.10. The maximum Gasteiger partial charge on any atom is 0.277 e. The molecule has 0 atom stereocenters. The molecule has 26 heavy (non-hydrogen) atoms. The summed E-state index contributed by atoms with van der Waals surface area (Å²) >= 11 is 0. The standard InChI is InChI=1S/C21H26N2O3/c1-14(2)17-6-9-19(10-7-17)26-13-21(24)23-22-12-18-8-11-20(25-5)16(4)15(18)3/h6-12,14H,13H2,1-5H3,(H,23,24)/b22-12+. The van der Waals surface area contributed by atoms with Crippen LogP contribution >= 0.6 is 0 Å². The molecule has 0 fully saturated rings. The van der Waals surface area contributed by atoms with E-state index >= 15 is 0 Å². The third-order valence-electron chi connectivity index (χ3n) is 4.31. The molecule has 0 bridgehead atoms. The Balaban J connectivity index is 1.87. The molecule has 2 rings (SSSR count). The van der Waals surface area contributed by atoms with Crippen LogP contribution in [0.2, 0.25) is 0 Å². The summed E-state index contributed by atoms with van der Waals surface area (Å²) in [7, 11) is 1.64. The van der Waals surface area contributed by atoms with Gasteiger partial charge in [-0.1, -0.05) is 26.0 Å². The lowest BCUT2D eigenvalue weighted by atomic mass is 10.0. The van der Waals surface area contributed by atoms with Gasteiger partial charge in [-0.15, -0.1) is 0 Å². The van der Waals surface area contributed by atoms with Crippen molar-refractivity contribution < 1.29 is 14.3 Å². The third kappa shape index (κ3) is 5.09. The van der Waals surface area contributed by atoms with Gasteiger partial charge in [0.15, 0.2) is 6.61 Å². The molecule has 0 aromatic heterocycles. The van der Waals surface area contributed by atoms with Crippen LogP contribution in [0, 0.1) is 13.8 Å². The molecule has 0 heterocycles. The summed E-state index contributed by atoms with van der Waals surface area (Å²) < 4.78 is 10.8. The van der Waals surface area contributed by atoms with E-state index in [-0.39, 0.29) is 12.5 Å². The van der Waals surface area contributed by atoms with Crippen molar-refractivity contribution in [2.75, 3.05) is 13.7 Å². The first kappa shape index (κ1) is 19.5. The van der Waals surface area contributed by atoms with Crippen molar-refractivity contribution >= 4 is 12.1 Å². The molecule has 5 nitrogen and oxygen atoms in total. The summed E-state index contributed by atoms with van der Waals surface area (Å²) in [5, 5.41) is 4.00. The van der Waals surface area contributed by atoms with Crippen molar-refractivity contribution in [1.82, 2.24) is 5.43 Å². The van der Waals surface area contributed by atoms with E-state index in [1.54, 1.807) is 13.3 Å². The first-order chi connectivity index (χ1) is 12.4. The smallest absolute Gasteiger partial charge is 0.277 e. The minimum Gasteiger partial charge on any atom is -0.496 e. The van der Waals surface area contributed by atoms with Gasteiger partial charge in [0, 0.05) is 0 Å². The summed E-state index contributed by atoms with van der Waals surface area (Å²) in [6.45, 7) is 8.16. The van der Waals surface area contributed by atoms with E-state index in [1.807, 2.05) is 50.2 Å². The molecule has 0 saturated carbocycles. The fraction of sp³-hybridized carbons (Fsp3) is 0.333. The monoisotopic (exact) mass is 354 g/mol. The molecular weight excluding hydrogens is 328 g/mol. The van der Waals surface area contributed by atoms with E-state index in [0.717, 1.165) is 22.4 Å². The summed E-state index contributed by atoms with van der Waals surface area (Å²) in [6.07, 6.45) is 1.62. The third-order valence-corrected chi connectivity index (χ3v) is 4.31. The highest BCUT2D eigenvalue weighted by Gasteiger charge is 2.06. The maximum absolute atomic E-state index is 11.9. The summed E-state index contributed by atoms with van der Waals surface area (Å²) in [5.74, 6) is 1.65. The van der Waals surface area contributed by atoms with Gasteiger partial charge in [0.05, 0.1) is 13.3 Å². The molecule has 2 aromatic rings. The molecule has 0 radical (unpaired) electrons. The van der Waals surface area contributed by atoms with Crippen LogP contribution in [0.25, 0.3) is 0 Å². The number of ether oxygens (including phenoxy) is 2. The molecule has 0 aliphatic heterocycles. The molecule has 0 aliphatic carbocycles. The molecule has 0 saturated heterocycles. The highest BCUT2D eigenvalue weighted by Crippen LogP contribution is 2.22. The van der Waals surface area contributed by atoms with Gasteiger partial charge in [-0.2, -0.15) is 5.10 Å². The van der Waals surface area contributed by atoms with Crippen LogP contribution in [0.1, 0.15) is 42.0 Å². The van der Waals surface area contributed by atoms with E-state index in [4.69, 9.17) is 9.47 Å². The number of methoxy groups -OCH3 is 1. The number of carbonyl (C=O) groups excluding carboxylic acids is 1. The Kier molecular flexibility index (Phi) is 6.78. The van der Waals surface area contributed by atoms with Crippen molar-refractivity contribution in [3.05, 3.63) is 58.7 Å². The van der Waals surface area contributed by atoms with Crippen molar-refractivity contribution in [2.45, 2.75) is 33.6 Å². The Morgan fingerprint density at radius 2 is 1.81 bits per heavy atom. The van der Waals surface area contributed by atoms with E-state index in [2.05, 4.69) is 24.4 Å². The second-order valence-corrected chi connectivity index (χ2v) is 6.41. The molecule has 0 aliphatic rings. The van der Waals surface area contributed by atoms with E-state index in [0.29, 0.717) is 11.7 Å².